The van der Waals surface area contributed by atoms with Crippen LogP contribution in [0.3, 0.4) is 0 Å². The number of rotatable bonds is 2. The highest BCUT2D eigenvalue weighted by atomic mass is 32.1. The second-order valence-corrected chi connectivity index (χ2v) is 6.72. The van der Waals surface area contributed by atoms with Gasteiger partial charge in [0.05, 0.1) is 6.04 Å². The average molecular weight is 293 g/mol. The van der Waals surface area contributed by atoms with Crippen LogP contribution in [0.4, 0.5) is 0 Å². The van der Waals surface area contributed by atoms with Crippen LogP contribution in [0, 0.1) is 5.92 Å². The molecule has 0 unspecified atom stereocenters. The highest BCUT2D eigenvalue weighted by Gasteiger charge is 2.28. The van der Waals surface area contributed by atoms with Crippen molar-refractivity contribution in [1.82, 2.24) is 14.8 Å². The summed E-state index contributed by atoms with van der Waals surface area (Å²) in [6.07, 6.45) is 5.80. The largest absolute Gasteiger partial charge is 0.360 e. The molecule has 1 aliphatic rings. The molecule has 0 amide bonds. The molecule has 0 saturated carbocycles. The first kappa shape index (κ1) is 15.4. The second kappa shape index (κ2) is 6.61. The van der Waals surface area contributed by atoms with Gasteiger partial charge < -0.3 is 14.8 Å². The molecule has 1 aliphatic heterocycles. The Morgan fingerprint density at radius 2 is 2.10 bits per heavy atom. The Balaban J connectivity index is 2.23. The first-order valence-electron chi connectivity index (χ1n) is 7.67. The third-order valence-electron chi connectivity index (χ3n) is 4.17. The topological polar surface area (TPSA) is 20.2 Å². The third-order valence-corrected chi connectivity index (χ3v) is 4.52. The van der Waals surface area contributed by atoms with Crippen molar-refractivity contribution in [2.45, 2.75) is 52.1 Å². The highest BCUT2D eigenvalue weighted by molar-refractivity contribution is 7.80. The molecule has 1 saturated heterocycles. The molecular formula is C16H27N3S. The van der Waals surface area contributed by atoms with Crippen LogP contribution in [-0.2, 0) is 7.05 Å². The summed E-state index contributed by atoms with van der Waals surface area (Å²) in [5.41, 5.74) is 1.37. The quantitative estimate of drug-likeness (QED) is 0.843. The number of aryl methyl sites for hydroxylation is 1. The zero-order valence-corrected chi connectivity index (χ0v) is 13.9. The molecule has 20 heavy (non-hydrogen) atoms. The van der Waals surface area contributed by atoms with Crippen LogP contribution in [0.25, 0.3) is 0 Å². The molecule has 1 aromatic heterocycles. The summed E-state index contributed by atoms with van der Waals surface area (Å²) in [5, 5.41) is 4.32. The molecule has 2 atom stereocenters. The SMILES string of the molecule is CC(C)NC(=S)N1CC[C@H](C)CC[C@H]1c1cccn1C. The average Bonchev–Trinajstić information content (AvgIpc) is 2.68. The summed E-state index contributed by atoms with van der Waals surface area (Å²) in [6.45, 7) is 7.69. The van der Waals surface area contributed by atoms with Gasteiger partial charge in [-0.15, -0.1) is 0 Å². The molecule has 1 fully saturated rings. The Labute approximate surface area is 128 Å². The number of aromatic nitrogens is 1. The second-order valence-electron chi connectivity index (χ2n) is 6.33. The molecule has 2 heterocycles. The van der Waals surface area contributed by atoms with Gasteiger partial charge in [0.15, 0.2) is 5.11 Å². The summed E-state index contributed by atoms with van der Waals surface area (Å²) >= 11 is 5.65. The van der Waals surface area contributed by atoms with Crippen molar-refractivity contribution in [2.24, 2.45) is 13.0 Å². The Bertz CT molecular complexity index is 452. The normalized spacial score (nSPS) is 23.8. The van der Waals surface area contributed by atoms with Crippen LogP contribution < -0.4 is 5.32 Å². The van der Waals surface area contributed by atoms with Crippen LogP contribution >= 0.6 is 12.2 Å². The molecule has 4 heteroatoms. The van der Waals surface area contributed by atoms with Crippen molar-refractivity contribution in [3.63, 3.8) is 0 Å². The molecule has 2 rings (SSSR count). The first-order valence-corrected chi connectivity index (χ1v) is 8.08. The predicted octanol–water partition coefficient (Wildman–Crippen LogP) is 3.47. The van der Waals surface area contributed by atoms with Gasteiger partial charge in [-0.05, 0) is 63.4 Å². The van der Waals surface area contributed by atoms with Gasteiger partial charge in [-0.1, -0.05) is 6.92 Å². The smallest absolute Gasteiger partial charge is 0.169 e. The number of hydrogen-bond donors (Lipinski definition) is 1. The maximum Gasteiger partial charge on any atom is 0.169 e. The van der Waals surface area contributed by atoms with E-state index in [-0.39, 0.29) is 0 Å². The van der Waals surface area contributed by atoms with Crippen molar-refractivity contribution in [3.05, 3.63) is 24.0 Å². The van der Waals surface area contributed by atoms with E-state index in [9.17, 15) is 0 Å². The standard InChI is InChI=1S/C16H27N3S/c1-12(2)17-16(20)19-11-9-13(3)7-8-15(19)14-6-5-10-18(14)4/h5-6,10,12-13,15H,7-9,11H2,1-4H3,(H,17,20)/t13-,15+/m1/s1. The molecule has 112 valence electrons. The zero-order chi connectivity index (χ0) is 14.7. The van der Waals surface area contributed by atoms with Gasteiger partial charge in [-0.3, -0.25) is 0 Å². The molecule has 1 aromatic rings. The fourth-order valence-electron chi connectivity index (χ4n) is 2.96. The van der Waals surface area contributed by atoms with Crippen molar-refractivity contribution in [2.75, 3.05) is 6.54 Å². The van der Waals surface area contributed by atoms with E-state index in [2.05, 4.69) is 60.9 Å². The Morgan fingerprint density at radius 1 is 1.35 bits per heavy atom. The maximum atomic E-state index is 5.65. The van der Waals surface area contributed by atoms with Crippen molar-refractivity contribution < 1.29 is 0 Å². The molecule has 0 radical (unpaired) electrons. The maximum absolute atomic E-state index is 5.65. The number of nitrogens with one attached hydrogen (secondary N) is 1. The molecule has 1 N–H and O–H groups in total. The molecule has 0 aliphatic carbocycles. The van der Waals surface area contributed by atoms with Gasteiger partial charge in [0.2, 0.25) is 0 Å². The van der Waals surface area contributed by atoms with E-state index in [4.69, 9.17) is 12.2 Å². The lowest BCUT2D eigenvalue weighted by Crippen LogP contribution is -2.44. The number of thiocarbonyl (C=S) groups is 1. The summed E-state index contributed by atoms with van der Waals surface area (Å²) < 4.78 is 2.23. The van der Waals surface area contributed by atoms with E-state index in [0.717, 1.165) is 17.6 Å². The highest BCUT2D eigenvalue weighted by Crippen LogP contribution is 2.32. The van der Waals surface area contributed by atoms with Crippen molar-refractivity contribution in [1.29, 1.82) is 0 Å². The summed E-state index contributed by atoms with van der Waals surface area (Å²) in [7, 11) is 2.13. The lowest BCUT2D eigenvalue weighted by Gasteiger charge is -2.33. The third kappa shape index (κ3) is 3.54. The molecule has 0 spiro atoms. The van der Waals surface area contributed by atoms with Crippen LogP contribution in [0.5, 0.6) is 0 Å². The fourth-order valence-corrected chi connectivity index (χ4v) is 3.41. The monoisotopic (exact) mass is 293 g/mol. The lowest BCUT2D eigenvalue weighted by molar-refractivity contribution is 0.304. The molecule has 0 aromatic carbocycles. The van der Waals surface area contributed by atoms with Crippen LogP contribution in [-0.4, -0.2) is 27.2 Å². The van der Waals surface area contributed by atoms with Gasteiger partial charge in [0.1, 0.15) is 0 Å². The fraction of sp³-hybridized carbons (Fsp3) is 0.688. The lowest BCUT2D eigenvalue weighted by atomic mass is 10.0. The van der Waals surface area contributed by atoms with Gasteiger partial charge in [-0.2, -0.15) is 0 Å². The van der Waals surface area contributed by atoms with Crippen molar-refractivity contribution in [3.8, 4) is 0 Å². The predicted molar refractivity (Wildman–Crippen MR) is 88.7 cm³/mol. The molecule has 0 bridgehead atoms. The van der Waals surface area contributed by atoms with Crippen molar-refractivity contribution >= 4 is 17.3 Å². The van der Waals surface area contributed by atoms with E-state index in [1.807, 2.05) is 0 Å². The van der Waals surface area contributed by atoms with E-state index >= 15 is 0 Å². The summed E-state index contributed by atoms with van der Waals surface area (Å²) in [5.74, 6) is 0.782. The first-order chi connectivity index (χ1) is 9.49. The summed E-state index contributed by atoms with van der Waals surface area (Å²) in [6, 6.07) is 5.14. The number of nitrogens with zero attached hydrogens (tertiary/aromatic N) is 2. The number of hydrogen-bond acceptors (Lipinski definition) is 1. The van der Waals surface area contributed by atoms with Crippen LogP contribution in [0.15, 0.2) is 18.3 Å². The van der Waals surface area contributed by atoms with E-state index in [1.54, 1.807) is 0 Å². The Morgan fingerprint density at radius 3 is 2.70 bits per heavy atom. The minimum absolute atomic E-state index is 0.386. The number of likely N-dealkylation sites (tertiary alicyclic amines) is 1. The van der Waals surface area contributed by atoms with Gasteiger partial charge in [-0.25, -0.2) is 0 Å². The van der Waals surface area contributed by atoms with Gasteiger partial charge in [0, 0.05) is 31.5 Å². The van der Waals surface area contributed by atoms with Gasteiger partial charge in [0.25, 0.3) is 0 Å². The van der Waals surface area contributed by atoms with Gasteiger partial charge >= 0.3 is 0 Å². The minimum Gasteiger partial charge on any atom is -0.360 e. The van der Waals surface area contributed by atoms with E-state index in [1.165, 1.54) is 25.0 Å². The van der Waals surface area contributed by atoms with E-state index < -0.39 is 0 Å². The zero-order valence-electron chi connectivity index (χ0n) is 13.1. The molecular weight excluding hydrogens is 266 g/mol. The summed E-state index contributed by atoms with van der Waals surface area (Å²) in [4.78, 5) is 2.40. The molecule has 3 nitrogen and oxygen atoms in total. The van der Waals surface area contributed by atoms with Crippen LogP contribution in [0.1, 0.15) is 51.8 Å². The van der Waals surface area contributed by atoms with E-state index in [0.29, 0.717) is 12.1 Å². The van der Waals surface area contributed by atoms with Crippen LogP contribution in [0.2, 0.25) is 0 Å². The Kier molecular flexibility index (Phi) is 5.08. The minimum atomic E-state index is 0.386. The Hall–Kier alpha value is -1.03.